The van der Waals surface area contributed by atoms with Crippen LogP contribution >= 0.6 is 0 Å². The zero-order valence-corrected chi connectivity index (χ0v) is 16.0. The molecule has 1 fully saturated rings. The summed E-state index contributed by atoms with van der Waals surface area (Å²) < 4.78 is 1.94. The van der Waals surface area contributed by atoms with Crippen molar-refractivity contribution in [2.75, 3.05) is 26.7 Å². The summed E-state index contributed by atoms with van der Waals surface area (Å²) in [5.74, 6) is 0.893. The number of piperidine rings is 1. The Morgan fingerprint density at radius 3 is 2.54 bits per heavy atom. The molecule has 2 rings (SSSR count). The fourth-order valence-electron chi connectivity index (χ4n) is 3.32. The number of likely N-dealkylation sites (tertiary alicyclic amines) is 1. The Morgan fingerprint density at radius 1 is 1.29 bits per heavy atom. The van der Waals surface area contributed by atoms with E-state index in [1.165, 1.54) is 56.6 Å². The van der Waals surface area contributed by atoms with Crippen LogP contribution in [0.15, 0.2) is 4.99 Å². The number of aryl methyl sites for hydroxylation is 2. The molecule has 0 saturated carbocycles. The van der Waals surface area contributed by atoms with Gasteiger partial charge in [0.05, 0.1) is 5.69 Å². The summed E-state index contributed by atoms with van der Waals surface area (Å²) in [4.78, 5) is 6.97. The molecule has 6 heteroatoms. The summed E-state index contributed by atoms with van der Waals surface area (Å²) in [6, 6.07) is 0.519. The van der Waals surface area contributed by atoms with Crippen molar-refractivity contribution in [2.24, 2.45) is 12.0 Å². The molecule has 0 spiro atoms. The zero-order chi connectivity index (χ0) is 17.5. The summed E-state index contributed by atoms with van der Waals surface area (Å²) in [5.41, 5.74) is 3.55. The highest BCUT2D eigenvalue weighted by atomic mass is 15.3. The molecule has 6 nitrogen and oxygen atoms in total. The first-order valence-electron chi connectivity index (χ1n) is 9.23. The minimum Gasteiger partial charge on any atom is -0.354 e. The van der Waals surface area contributed by atoms with Crippen LogP contribution < -0.4 is 10.6 Å². The molecule has 136 valence electrons. The molecule has 2 N–H and O–H groups in total. The Kier molecular flexibility index (Phi) is 7.09. The average molecular weight is 335 g/mol. The lowest BCUT2D eigenvalue weighted by Gasteiger charge is -2.33. The Hall–Kier alpha value is -1.56. The number of aromatic nitrogens is 2. The van der Waals surface area contributed by atoms with Crippen molar-refractivity contribution < 1.29 is 0 Å². The normalized spacial score (nSPS) is 17.3. The molecule has 0 radical (unpaired) electrons. The number of hydrogen-bond donors (Lipinski definition) is 2. The van der Waals surface area contributed by atoms with E-state index < -0.39 is 0 Å². The molecule has 0 aliphatic carbocycles. The van der Waals surface area contributed by atoms with Gasteiger partial charge in [-0.15, -0.1) is 0 Å². The predicted molar refractivity (Wildman–Crippen MR) is 100 cm³/mol. The minimum atomic E-state index is 0.519. The third-order valence-corrected chi connectivity index (χ3v) is 5.07. The maximum Gasteiger partial charge on any atom is 0.191 e. The average Bonchev–Trinajstić information content (AvgIpc) is 2.83. The van der Waals surface area contributed by atoms with E-state index in [1.54, 1.807) is 0 Å². The highest BCUT2D eigenvalue weighted by Gasteiger charge is 2.19. The van der Waals surface area contributed by atoms with E-state index in [4.69, 9.17) is 0 Å². The summed E-state index contributed by atoms with van der Waals surface area (Å²) in [5, 5.41) is 11.5. The maximum atomic E-state index is 4.47. The third-order valence-electron chi connectivity index (χ3n) is 5.07. The topological polar surface area (TPSA) is 57.5 Å². The maximum absolute atomic E-state index is 4.47. The van der Waals surface area contributed by atoms with Crippen LogP contribution in [0.2, 0.25) is 0 Å². The van der Waals surface area contributed by atoms with Crippen LogP contribution in [0.1, 0.15) is 49.6 Å². The van der Waals surface area contributed by atoms with Gasteiger partial charge in [0.2, 0.25) is 0 Å². The number of hydrogen-bond acceptors (Lipinski definition) is 3. The molecule has 1 aromatic rings. The van der Waals surface area contributed by atoms with Crippen molar-refractivity contribution in [3.8, 4) is 0 Å². The molecular formula is C18H34N6. The highest BCUT2D eigenvalue weighted by molar-refractivity contribution is 5.80. The van der Waals surface area contributed by atoms with E-state index in [0.717, 1.165) is 18.2 Å². The van der Waals surface area contributed by atoms with Crippen LogP contribution in [0.25, 0.3) is 0 Å². The van der Waals surface area contributed by atoms with Crippen LogP contribution in [0, 0.1) is 13.8 Å². The van der Waals surface area contributed by atoms with E-state index in [-0.39, 0.29) is 0 Å². The van der Waals surface area contributed by atoms with Gasteiger partial charge in [-0.1, -0.05) is 13.3 Å². The van der Waals surface area contributed by atoms with Gasteiger partial charge in [-0.2, -0.15) is 5.10 Å². The second kappa shape index (κ2) is 9.06. The minimum absolute atomic E-state index is 0.519. The van der Waals surface area contributed by atoms with E-state index in [1.807, 2.05) is 18.8 Å². The predicted octanol–water partition coefficient (Wildman–Crippen LogP) is 1.97. The van der Waals surface area contributed by atoms with E-state index in [0.29, 0.717) is 6.04 Å². The summed E-state index contributed by atoms with van der Waals surface area (Å²) in [7, 11) is 3.83. The third kappa shape index (κ3) is 4.97. The van der Waals surface area contributed by atoms with E-state index in [2.05, 4.69) is 46.4 Å². The molecule has 0 atom stereocenters. The van der Waals surface area contributed by atoms with Gasteiger partial charge in [0.25, 0.3) is 0 Å². The molecule has 1 aliphatic heterocycles. The van der Waals surface area contributed by atoms with Crippen LogP contribution in [0.5, 0.6) is 0 Å². The van der Waals surface area contributed by atoms with Crippen molar-refractivity contribution in [2.45, 2.75) is 59.0 Å². The second-order valence-corrected chi connectivity index (χ2v) is 6.81. The number of aliphatic imine (C=N–C) groups is 1. The van der Waals surface area contributed by atoms with Crippen LogP contribution in [-0.2, 0) is 13.6 Å². The van der Waals surface area contributed by atoms with Gasteiger partial charge >= 0.3 is 0 Å². The number of guanidine groups is 1. The van der Waals surface area contributed by atoms with Crippen molar-refractivity contribution in [3.05, 3.63) is 17.0 Å². The largest absolute Gasteiger partial charge is 0.354 e. The number of nitrogens with one attached hydrogen (secondary N) is 2. The molecule has 0 amide bonds. The monoisotopic (exact) mass is 334 g/mol. The van der Waals surface area contributed by atoms with Gasteiger partial charge in [0.1, 0.15) is 0 Å². The highest BCUT2D eigenvalue weighted by Crippen LogP contribution is 2.12. The molecule has 0 unspecified atom stereocenters. The smallest absolute Gasteiger partial charge is 0.191 e. The Labute approximate surface area is 146 Å². The molecule has 2 heterocycles. The van der Waals surface area contributed by atoms with E-state index >= 15 is 0 Å². The molecule has 0 bridgehead atoms. The first-order valence-corrected chi connectivity index (χ1v) is 9.23. The molecule has 1 aliphatic rings. The molecule has 1 saturated heterocycles. The summed E-state index contributed by atoms with van der Waals surface area (Å²) in [6.07, 6.45) is 4.97. The quantitative estimate of drug-likeness (QED) is 0.617. The lowest BCUT2D eigenvalue weighted by Crippen LogP contribution is -2.48. The van der Waals surface area contributed by atoms with Crippen molar-refractivity contribution in [3.63, 3.8) is 0 Å². The van der Waals surface area contributed by atoms with Gasteiger partial charge in [-0.05, 0) is 39.7 Å². The van der Waals surface area contributed by atoms with Gasteiger partial charge in [-0.3, -0.25) is 9.67 Å². The lowest BCUT2D eigenvalue weighted by molar-refractivity contribution is 0.203. The standard InChI is InChI=1S/C18H34N6/c1-6-7-10-24-11-8-16(9-12-24)21-18(19-4)20-13-17-14(2)22-23(5)15(17)3/h16H,6-13H2,1-5H3,(H2,19,20,21). The summed E-state index contributed by atoms with van der Waals surface area (Å²) >= 11 is 0. The van der Waals surface area contributed by atoms with Gasteiger partial charge in [0.15, 0.2) is 5.96 Å². The van der Waals surface area contributed by atoms with Crippen LogP contribution in [0.4, 0.5) is 0 Å². The fraction of sp³-hybridized carbons (Fsp3) is 0.778. The van der Waals surface area contributed by atoms with Crippen molar-refractivity contribution in [1.29, 1.82) is 0 Å². The Balaban J connectivity index is 1.79. The molecule has 24 heavy (non-hydrogen) atoms. The number of nitrogens with zero attached hydrogens (tertiary/aromatic N) is 4. The number of rotatable bonds is 6. The van der Waals surface area contributed by atoms with Gasteiger partial charge in [-0.25, -0.2) is 0 Å². The molecule has 0 aromatic carbocycles. The first-order chi connectivity index (χ1) is 11.5. The SMILES string of the molecule is CCCCN1CCC(NC(=NC)NCc2c(C)nn(C)c2C)CC1. The lowest BCUT2D eigenvalue weighted by atomic mass is 10.0. The zero-order valence-electron chi connectivity index (χ0n) is 16.0. The van der Waals surface area contributed by atoms with Crippen molar-refractivity contribution in [1.82, 2.24) is 25.3 Å². The number of unbranched alkanes of at least 4 members (excludes halogenated alkanes) is 1. The Morgan fingerprint density at radius 2 is 2.00 bits per heavy atom. The molecule has 1 aromatic heterocycles. The summed E-state index contributed by atoms with van der Waals surface area (Å²) in [6.45, 7) is 10.8. The van der Waals surface area contributed by atoms with E-state index in [9.17, 15) is 0 Å². The van der Waals surface area contributed by atoms with Crippen LogP contribution in [0.3, 0.4) is 0 Å². The van der Waals surface area contributed by atoms with Crippen LogP contribution in [-0.4, -0.2) is 53.4 Å². The van der Waals surface area contributed by atoms with Gasteiger partial charge < -0.3 is 15.5 Å². The Bertz CT molecular complexity index is 540. The van der Waals surface area contributed by atoms with Gasteiger partial charge in [0, 0.05) is 51.0 Å². The first kappa shape index (κ1) is 18.8. The molecular weight excluding hydrogens is 300 g/mol. The second-order valence-electron chi connectivity index (χ2n) is 6.81. The fourth-order valence-corrected chi connectivity index (χ4v) is 3.32. The van der Waals surface area contributed by atoms with Crippen molar-refractivity contribution >= 4 is 5.96 Å².